The number of aromatic nitrogens is 1. The van der Waals surface area contributed by atoms with Gasteiger partial charge in [-0.1, -0.05) is 12.1 Å². The Kier molecular flexibility index (Phi) is 2.41. The topological polar surface area (TPSA) is 31.2 Å². The van der Waals surface area contributed by atoms with E-state index in [1.54, 1.807) is 24.4 Å². The van der Waals surface area contributed by atoms with E-state index in [2.05, 4.69) is 4.74 Å². The van der Waals surface area contributed by atoms with Crippen LogP contribution < -0.4 is 0 Å². The quantitative estimate of drug-likeness (QED) is 0.705. The summed E-state index contributed by atoms with van der Waals surface area (Å²) in [5, 5.41) is 0.777. The van der Waals surface area contributed by atoms with Crippen LogP contribution in [0.15, 0.2) is 30.5 Å². The minimum Gasteiger partial charge on any atom is -0.468 e. The molecule has 0 aliphatic carbocycles. The standard InChI is InChI=1S/C11H10FNO2/c1-15-10(14)7-13-6-5-8-3-2-4-9(12)11(8)13/h2-6H,7H2,1H3. The molecule has 1 aromatic carbocycles. The number of benzene rings is 1. The number of para-hydroxylation sites is 1. The Hall–Kier alpha value is -1.84. The largest absolute Gasteiger partial charge is 0.468 e. The molecule has 0 aliphatic rings. The molecule has 0 amide bonds. The number of methoxy groups -OCH3 is 1. The highest BCUT2D eigenvalue weighted by molar-refractivity contribution is 5.82. The molecular weight excluding hydrogens is 197 g/mol. The predicted molar refractivity (Wildman–Crippen MR) is 53.9 cm³/mol. The lowest BCUT2D eigenvalue weighted by Crippen LogP contribution is -2.10. The van der Waals surface area contributed by atoms with Crippen LogP contribution in [-0.4, -0.2) is 17.6 Å². The normalized spacial score (nSPS) is 10.5. The molecule has 0 unspecified atom stereocenters. The van der Waals surface area contributed by atoms with Crippen LogP contribution in [0.4, 0.5) is 4.39 Å². The lowest BCUT2D eigenvalue weighted by Gasteiger charge is -2.03. The highest BCUT2D eigenvalue weighted by atomic mass is 19.1. The first-order chi connectivity index (χ1) is 7.22. The van der Waals surface area contributed by atoms with E-state index in [0.29, 0.717) is 5.52 Å². The molecule has 0 saturated carbocycles. The van der Waals surface area contributed by atoms with Crippen molar-refractivity contribution in [3.05, 3.63) is 36.3 Å². The summed E-state index contributed by atoms with van der Waals surface area (Å²) >= 11 is 0. The van der Waals surface area contributed by atoms with Crippen molar-refractivity contribution in [1.29, 1.82) is 0 Å². The molecule has 0 spiro atoms. The van der Waals surface area contributed by atoms with Crippen molar-refractivity contribution in [2.24, 2.45) is 0 Å². The number of carbonyl (C=O) groups excluding carboxylic acids is 1. The molecule has 1 aromatic heterocycles. The summed E-state index contributed by atoms with van der Waals surface area (Å²) < 4.78 is 19.5. The summed E-state index contributed by atoms with van der Waals surface area (Å²) in [5.74, 6) is -0.725. The molecule has 2 aromatic rings. The van der Waals surface area contributed by atoms with E-state index in [1.807, 2.05) is 0 Å². The lowest BCUT2D eigenvalue weighted by atomic mass is 10.2. The van der Waals surface area contributed by atoms with E-state index in [1.165, 1.54) is 17.7 Å². The number of nitrogens with zero attached hydrogens (tertiary/aromatic N) is 1. The van der Waals surface area contributed by atoms with Crippen molar-refractivity contribution in [3.8, 4) is 0 Å². The van der Waals surface area contributed by atoms with Gasteiger partial charge in [0.05, 0.1) is 12.6 Å². The fourth-order valence-electron chi connectivity index (χ4n) is 1.55. The van der Waals surface area contributed by atoms with E-state index in [0.717, 1.165) is 5.39 Å². The Bertz CT molecular complexity index is 504. The molecule has 1 heterocycles. The zero-order valence-corrected chi connectivity index (χ0v) is 8.24. The van der Waals surface area contributed by atoms with Gasteiger partial charge in [-0.2, -0.15) is 0 Å². The third-order valence-electron chi connectivity index (χ3n) is 2.27. The summed E-state index contributed by atoms with van der Waals surface area (Å²) in [7, 11) is 1.31. The van der Waals surface area contributed by atoms with Crippen LogP contribution in [0.5, 0.6) is 0 Å². The third-order valence-corrected chi connectivity index (χ3v) is 2.27. The second-order valence-corrected chi connectivity index (χ2v) is 3.20. The molecule has 0 fully saturated rings. The van der Waals surface area contributed by atoms with Gasteiger partial charge in [0, 0.05) is 11.6 Å². The van der Waals surface area contributed by atoms with Crippen molar-refractivity contribution in [2.75, 3.05) is 7.11 Å². The summed E-state index contributed by atoms with van der Waals surface area (Å²) in [4.78, 5) is 11.1. The first-order valence-electron chi connectivity index (χ1n) is 4.52. The average molecular weight is 207 g/mol. The van der Waals surface area contributed by atoms with E-state index in [4.69, 9.17) is 0 Å². The predicted octanol–water partition coefficient (Wildman–Crippen LogP) is 1.95. The number of esters is 1. The molecule has 15 heavy (non-hydrogen) atoms. The highest BCUT2D eigenvalue weighted by Crippen LogP contribution is 2.18. The number of fused-ring (bicyclic) bond motifs is 1. The van der Waals surface area contributed by atoms with Crippen LogP contribution in [0, 0.1) is 5.82 Å². The molecule has 0 saturated heterocycles. The molecule has 3 nitrogen and oxygen atoms in total. The maximum Gasteiger partial charge on any atom is 0.325 e. The fourth-order valence-corrected chi connectivity index (χ4v) is 1.55. The Labute approximate surface area is 86.1 Å². The monoisotopic (exact) mass is 207 g/mol. The number of rotatable bonds is 2. The van der Waals surface area contributed by atoms with Crippen LogP contribution >= 0.6 is 0 Å². The number of hydrogen-bond acceptors (Lipinski definition) is 2. The van der Waals surface area contributed by atoms with Gasteiger partial charge in [0.25, 0.3) is 0 Å². The summed E-state index contributed by atoms with van der Waals surface area (Å²) in [6.45, 7) is 0.0287. The van der Waals surface area contributed by atoms with E-state index >= 15 is 0 Å². The van der Waals surface area contributed by atoms with Crippen molar-refractivity contribution in [3.63, 3.8) is 0 Å². The molecule has 0 bridgehead atoms. The van der Waals surface area contributed by atoms with E-state index in [9.17, 15) is 9.18 Å². The second kappa shape index (κ2) is 3.73. The number of carbonyl (C=O) groups is 1. The second-order valence-electron chi connectivity index (χ2n) is 3.20. The average Bonchev–Trinajstić information content (AvgIpc) is 2.63. The minimum atomic E-state index is -0.393. The first-order valence-corrected chi connectivity index (χ1v) is 4.52. The molecule has 0 N–H and O–H groups in total. The smallest absolute Gasteiger partial charge is 0.325 e. The number of hydrogen-bond donors (Lipinski definition) is 0. The number of ether oxygens (including phenoxy) is 1. The third kappa shape index (κ3) is 1.70. The van der Waals surface area contributed by atoms with Gasteiger partial charge in [0.2, 0.25) is 0 Å². The van der Waals surface area contributed by atoms with Gasteiger partial charge in [-0.25, -0.2) is 4.39 Å². The van der Waals surface area contributed by atoms with Gasteiger partial charge in [0.15, 0.2) is 0 Å². The van der Waals surface area contributed by atoms with Crippen LogP contribution in [0.3, 0.4) is 0 Å². The Morgan fingerprint density at radius 3 is 3.00 bits per heavy atom. The number of halogens is 1. The van der Waals surface area contributed by atoms with Crippen molar-refractivity contribution >= 4 is 16.9 Å². The summed E-state index contributed by atoms with van der Waals surface area (Å²) in [6, 6.07) is 6.57. The maximum absolute atomic E-state index is 13.5. The van der Waals surface area contributed by atoms with Crippen molar-refractivity contribution in [2.45, 2.75) is 6.54 Å². The summed E-state index contributed by atoms with van der Waals surface area (Å²) in [6.07, 6.45) is 1.67. The van der Waals surface area contributed by atoms with Crippen LogP contribution in [0.2, 0.25) is 0 Å². The SMILES string of the molecule is COC(=O)Cn1ccc2cccc(F)c21. The van der Waals surface area contributed by atoms with E-state index in [-0.39, 0.29) is 12.4 Å². The molecule has 0 atom stereocenters. The van der Waals surface area contributed by atoms with Crippen molar-refractivity contribution < 1.29 is 13.9 Å². The van der Waals surface area contributed by atoms with E-state index < -0.39 is 5.97 Å². The molecule has 4 heteroatoms. The van der Waals surface area contributed by atoms with Gasteiger partial charge in [-0.05, 0) is 12.1 Å². The first kappa shape index (κ1) is 9.71. The van der Waals surface area contributed by atoms with Gasteiger partial charge in [-0.3, -0.25) is 4.79 Å². The van der Waals surface area contributed by atoms with Gasteiger partial charge < -0.3 is 9.30 Å². The van der Waals surface area contributed by atoms with Crippen LogP contribution in [-0.2, 0) is 16.1 Å². The summed E-state index contributed by atoms with van der Waals surface area (Å²) in [5.41, 5.74) is 0.433. The van der Waals surface area contributed by atoms with Gasteiger partial charge >= 0.3 is 5.97 Å². The fraction of sp³-hybridized carbons (Fsp3) is 0.182. The molecule has 2 rings (SSSR count). The molecule has 0 radical (unpaired) electrons. The van der Waals surface area contributed by atoms with Crippen LogP contribution in [0.25, 0.3) is 10.9 Å². The molecule has 78 valence electrons. The zero-order valence-electron chi connectivity index (χ0n) is 8.24. The Balaban J connectivity index is 2.48. The minimum absolute atomic E-state index is 0.0287. The molecule has 0 aliphatic heterocycles. The Morgan fingerprint density at radius 2 is 2.27 bits per heavy atom. The Morgan fingerprint density at radius 1 is 1.47 bits per heavy atom. The molecular formula is C11H10FNO2. The maximum atomic E-state index is 13.5. The van der Waals surface area contributed by atoms with Crippen molar-refractivity contribution in [1.82, 2.24) is 4.57 Å². The lowest BCUT2D eigenvalue weighted by molar-refractivity contribution is -0.141. The van der Waals surface area contributed by atoms with Gasteiger partial charge in [0.1, 0.15) is 12.4 Å². The zero-order chi connectivity index (χ0) is 10.8. The van der Waals surface area contributed by atoms with Crippen LogP contribution in [0.1, 0.15) is 0 Å². The highest BCUT2D eigenvalue weighted by Gasteiger charge is 2.09. The van der Waals surface area contributed by atoms with Gasteiger partial charge in [-0.15, -0.1) is 0 Å².